The SMILES string of the molecule is CC(C)c1cc(C(F)(F)F)nn1C1CCOCC1. The topological polar surface area (TPSA) is 27.1 Å². The van der Waals surface area contributed by atoms with Gasteiger partial charge in [-0.1, -0.05) is 13.8 Å². The number of hydrogen-bond acceptors (Lipinski definition) is 2. The molecule has 1 fully saturated rings. The molecular weight excluding hydrogens is 245 g/mol. The van der Waals surface area contributed by atoms with Gasteiger partial charge >= 0.3 is 6.18 Å². The molecule has 0 spiro atoms. The van der Waals surface area contributed by atoms with Crippen molar-refractivity contribution in [1.29, 1.82) is 0 Å². The summed E-state index contributed by atoms with van der Waals surface area (Å²) < 4.78 is 44.9. The lowest BCUT2D eigenvalue weighted by atomic mass is 10.1. The van der Waals surface area contributed by atoms with E-state index < -0.39 is 11.9 Å². The first kappa shape index (κ1) is 13.4. The number of alkyl halides is 3. The molecule has 1 aromatic rings. The van der Waals surface area contributed by atoms with Gasteiger partial charge in [-0.15, -0.1) is 0 Å². The van der Waals surface area contributed by atoms with Crippen molar-refractivity contribution in [3.8, 4) is 0 Å². The molecule has 0 radical (unpaired) electrons. The molecular formula is C12H17F3N2O. The molecule has 0 aromatic carbocycles. The van der Waals surface area contributed by atoms with E-state index in [4.69, 9.17) is 4.74 Å². The number of hydrogen-bond donors (Lipinski definition) is 0. The highest BCUT2D eigenvalue weighted by Gasteiger charge is 2.36. The molecule has 0 saturated carbocycles. The molecule has 0 unspecified atom stereocenters. The van der Waals surface area contributed by atoms with Gasteiger partial charge in [-0.25, -0.2) is 0 Å². The van der Waals surface area contributed by atoms with Crippen molar-refractivity contribution in [2.75, 3.05) is 13.2 Å². The van der Waals surface area contributed by atoms with Crippen LogP contribution in [0, 0.1) is 0 Å². The molecule has 1 aliphatic rings. The Morgan fingerprint density at radius 1 is 1.33 bits per heavy atom. The second kappa shape index (κ2) is 4.91. The molecule has 2 rings (SSSR count). The number of ether oxygens (including phenoxy) is 1. The minimum Gasteiger partial charge on any atom is -0.381 e. The van der Waals surface area contributed by atoms with E-state index >= 15 is 0 Å². The lowest BCUT2D eigenvalue weighted by Crippen LogP contribution is -2.22. The van der Waals surface area contributed by atoms with E-state index in [0.717, 1.165) is 12.8 Å². The van der Waals surface area contributed by atoms with Crippen LogP contribution in [0.15, 0.2) is 6.07 Å². The van der Waals surface area contributed by atoms with Crippen LogP contribution in [-0.2, 0) is 10.9 Å². The minimum atomic E-state index is -4.37. The van der Waals surface area contributed by atoms with Crippen molar-refractivity contribution >= 4 is 0 Å². The Morgan fingerprint density at radius 2 is 1.94 bits per heavy atom. The highest BCUT2D eigenvalue weighted by atomic mass is 19.4. The molecule has 0 amide bonds. The van der Waals surface area contributed by atoms with E-state index in [2.05, 4.69) is 5.10 Å². The summed E-state index contributed by atoms with van der Waals surface area (Å²) in [6, 6.07) is 1.19. The zero-order chi connectivity index (χ0) is 13.3. The van der Waals surface area contributed by atoms with E-state index in [0.29, 0.717) is 18.9 Å². The van der Waals surface area contributed by atoms with E-state index in [1.54, 1.807) is 4.68 Å². The van der Waals surface area contributed by atoms with Crippen molar-refractivity contribution in [1.82, 2.24) is 9.78 Å². The summed E-state index contributed by atoms with van der Waals surface area (Å²) in [6.45, 7) is 4.94. The highest BCUT2D eigenvalue weighted by Crippen LogP contribution is 2.33. The average molecular weight is 262 g/mol. The molecule has 1 saturated heterocycles. The number of rotatable bonds is 2. The van der Waals surface area contributed by atoms with Crippen LogP contribution in [0.2, 0.25) is 0 Å². The van der Waals surface area contributed by atoms with Gasteiger partial charge in [-0.2, -0.15) is 18.3 Å². The Balaban J connectivity index is 2.34. The van der Waals surface area contributed by atoms with Gasteiger partial charge in [0.05, 0.1) is 6.04 Å². The summed E-state index contributed by atoms with van der Waals surface area (Å²) in [4.78, 5) is 0. The van der Waals surface area contributed by atoms with Crippen LogP contribution in [0.5, 0.6) is 0 Å². The van der Waals surface area contributed by atoms with E-state index in [9.17, 15) is 13.2 Å². The highest BCUT2D eigenvalue weighted by molar-refractivity contribution is 5.17. The Hall–Kier alpha value is -1.04. The lowest BCUT2D eigenvalue weighted by Gasteiger charge is -2.25. The standard InChI is InChI=1S/C12H17F3N2O/c1-8(2)10-7-11(12(13,14)15)16-17(10)9-3-5-18-6-4-9/h7-9H,3-6H2,1-2H3. The molecule has 2 heterocycles. The number of aromatic nitrogens is 2. The van der Waals surface area contributed by atoms with Gasteiger partial charge in [-0.3, -0.25) is 4.68 Å². The fourth-order valence-corrected chi connectivity index (χ4v) is 2.20. The summed E-state index contributed by atoms with van der Waals surface area (Å²) >= 11 is 0. The molecule has 6 heteroatoms. The van der Waals surface area contributed by atoms with Crippen LogP contribution in [0.1, 0.15) is 50.0 Å². The van der Waals surface area contributed by atoms with Crippen LogP contribution >= 0.6 is 0 Å². The second-order valence-corrected chi connectivity index (χ2v) is 4.90. The van der Waals surface area contributed by atoms with Crippen molar-refractivity contribution < 1.29 is 17.9 Å². The molecule has 0 N–H and O–H groups in total. The van der Waals surface area contributed by atoms with Gasteiger partial charge in [0.25, 0.3) is 0 Å². The maximum Gasteiger partial charge on any atom is 0.435 e. The average Bonchev–Trinajstić information content (AvgIpc) is 2.74. The first-order valence-electron chi connectivity index (χ1n) is 6.14. The molecule has 0 aliphatic carbocycles. The van der Waals surface area contributed by atoms with Crippen molar-refractivity contribution in [2.45, 2.75) is 44.8 Å². The van der Waals surface area contributed by atoms with Gasteiger partial charge in [-0.05, 0) is 24.8 Å². The molecule has 1 aromatic heterocycles. The predicted molar refractivity (Wildman–Crippen MR) is 60.4 cm³/mol. The Kier molecular flexibility index (Phi) is 3.66. The fraction of sp³-hybridized carbons (Fsp3) is 0.750. The summed E-state index contributed by atoms with van der Waals surface area (Å²) in [6.07, 6.45) is -2.93. The quantitative estimate of drug-likeness (QED) is 0.817. The Bertz CT molecular complexity index is 406. The Morgan fingerprint density at radius 3 is 2.44 bits per heavy atom. The van der Waals surface area contributed by atoms with Crippen molar-refractivity contribution in [3.05, 3.63) is 17.5 Å². The molecule has 0 bridgehead atoms. The molecule has 102 valence electrons. The lowest BCUT2D eigenvalue weighted by molar-refractivity contribution is -0.141. The van der Waals surface area contributed by atoms with Crippen LogP contribution in [0.3, 0.4) is 0 Å². The van der Waals surface area contributed by atoms with Crippen LogP contribution < -0.4 is 0 Å². The molecule has 1 aliphatic heterocycles. The smallest absolute Gasteiger partial charge is 0.381 e. The summed E-state index contributed by atoms with van der Waals surface area (Å²) in [5.41, 5.74) is -0.146. The van der Waals surface area contributed by atoms with Gasteiger partial charge in [0.15, 0.2) is 5.69 Å². The van der Waals surface area contributed by atoms with Gasteiger partial charge in [0.2, 0.25) is 0 Å². The third-order valence-corrected chi connectivity index (χ3v) is 3.18. The van der Waals surface area contributed by atoms with E-state index in [1.807, 2.05) is 13.8 Å². The largest absolute Gasteiger partial charge is 0.435 e. The summed E-state index contributed by atoms with van der Waals surface area (Å²) in [5.74, 6) is 0.0245. The van der Waals surface area contributed by atoms with E-state index in [1.165, 1.54) is 6.07 Å². The first-order valence-corrected chi connectivity index (χ1v) is 6.14. The number of nitrogens with zero attached hydrogens (tertiary/aromatic N) is 2. The summed E-state index contributed by atoms with van der Waals surface area (Å²) in [7, 11) is 0. The van der Waals surface area contributed by atoms with Crippen molar-refractivity contribution in [3.63, 3.8) is 0 Å². The summed E-state index contributed by atoms with van der Waals surface area (Å²) in [5, 5.41) is 3.76. The van der Waals surface area contributed by atoms with E-state index in [-0.39, 0.29) is 12.0 Å². The monoisotopic (exact) mass is 262 g/mol. The third kappa shape index (κ3) is 2.68. The molecule has 18 heavy (non-hydrogen) atoms. The zero-order valence-corrected chi connectivity index (χ0v) is 10.5. The minimum absolute atomic E-state index is 0.0206. The van der Waals surface area contributed by atoms with Crippen LogP contribution in [0.25, 0.3) is 0 Å². The molecule has 3 nitrogen and oxygen atoms in total. The number of halogens is 3. The predicted octanol–water partition coefficient (Wildman–Crippen LogP) is 3.38. The van der Waals surface area contributed by atoms with Crippen molar-refractivity contribution in [2.24, 2.45) is 0 Å². The molecule has 0 atom stereocenters. The zero-order valence-electron chi connectivity index (χ0n) is 10.5. The fourth-order valence-electron chi connectivity index (χ4n) is 2.20. The third-order valence-electron chi connectivity index (χ3n) is 3.18. The van der Waals surface area contributed by atoms with Crippen LogP contribution in [-0.4, -0.2) is 23.0 Å². The van der Waals surface area contributed by atoms with Gasteiger partial charge < -0.3 is 4.74 Å². The van der Waals surface area contributed by atoms with Gasteiger partial charge in [0.1, 0.15) is 0 Å². The second-order valence-electron chi connectivity index (χ2n) is 4.90. The van der Waals surface area contributed by atoms with Crippen LogP contribution in [0.4, 0.5) is 13.2 Å². The maximum atomic E-state index is 12.7. The van der Waals surface area contributed by atoms with Gasteiger partial charge in [0, 0.05) is 18.9 Å². The Labute approximate surface area is 104 Å². The normalized spacial score (nSPS) is 18.6. The maximum absolute atomic E-state index is 12.7. The first-order chi connectivity index (χ1) is 8.39.